The van der Waals surface area contributed by atoms with Gasteiger partial charge in [-0.2, -0.15) is 0 Å². The van der Waals surface area contributed by atoms with E-state index in [2.05, 4.69) is 33.1 Å². The van der Waals surface area contributed by atoms with Gasteiger partial charge in [0.05, 0.1) is 6.10 Å². The molecule has 0 aromatic rings. The molecule has 1 fully saturated rings. The Morgan fingerprint density at radius 1 is 1.40 bits per heavy atom. The molecule has 1 aliphatic rings. The topological polar surface area (TPSA) is 47.3 Å². The van der Waals surface area contributed by atoms with E-state index in [9.17, 15) is 0 Å². The van der Waals surface area contributed by atoms with Crippen LogP contribution in [0.5, 0.6) is 0 Å². The molecular formula is C12H26N2O. The number of ether oxygens (including phenoxy) is 1. The van der Waals surface area contributed by atoms with Gasteiger partial charge in [0, 0.05) is 12.6 Å². The molecule has 3 N–H and O–H groups in total. The van der Waals surface area contributed by atoms with Crippen molar-refractivity contribution in [3.8, 4) is 0 Å². The van der Waals surface area contributed by atoms with E-state index in [0.29, 0.717) is 12.1 Å². The third kappa shape index (κ3) is 3.74. The number of hydrogen-bond acceptors (Lipinski definition) is 3. The Kier molecular flexibility index (Phi) is 4.56. The van der Waals surface area contributed by atoms with Crippen LogP contribution in [-0.4, -0.2) is 18.8 Å². The van der Waals surface area contributed by atoms with Gasteiger partial charge in [0.25, 0.3) is 0 Å². The van der Waals surface area contributed by atoms with Crippen LogP contribution in [0.4, 0.5) is 0 Å². The molecule has 0 amide bonds. The maximum atomic E-state index is 5.60. The Balaban J connectivity index is 2.25. The standard InChI is InChI=1S/C12H26N2O/c1-5-15-10-6-9(7-10)8-11(14-13)12(2,3)4/h9-11,14H,5-8,13H2,1-4H3. The fourth-order valence-electron chi connectivity index (χ4n) is 2.24. The van der Waals surface area contributed by atoms with E-state index in [-0.39, 0.29) is 5.41 Å². The smallest absolute Gasteiger partial charge is 0.0580 e. The van der Waals surface area contributed by atoms with Crippen LogP contribution in [0.15, 0.2) is 0 Å². The van der Waals surface area contributed by atoms with Crippen LogP contribution in [-0.2, 0) is 4.74 Å². The highest BCUT2D eigenvalue weighted by Gasteiger charge is 2.34. The lowest BCUT2D eigenvalue weighted by molar-refractivity contribution is -0.0324. The number of hydrogen-bond donors (Lipinski definition) is 2. The van der Waals surface area contributed by atoms with Crippen LogP contribution >= 0.6 is 0 Å². The van der Waals surface area contributed by atoms with Crippen molar-refractivity contribution in [3.05, 3.63) is 0 Å². The van der Waals surface area contributed by atoms with Gasteiger partial charge in [0.15, 0.2) is 0 Å². The van der Waals surface area contributed by atoms with E-state index < -0.39 is 0 Å². The Bertz CT molecular complexity index is 183. The number of nitrogens with two attached hydrogens (primary N) is 1. The van der Waals surface area contributed by atoms with E-state index in [1.807, 2.05) is 0 Å². The highest BCUT2D eigenvalue weighted by atomic mass is 16.5. The van der Waals surface area contributed by atoms with Crippen molar-refractivity contribution in [3.63, 3.8) is 0 Å². The summed E-state index contributed by atoms with van der Waals surface area (Å²) in [5, 5.41) is 0. The summed E-state index contributed by atoms with van der Waals surface area (Å²) in [5.74, 6) is 6.39. The van der Waals surface area contributed by atoms with Gasteiger partial charge in [0.1, 0.15) is 0 Å². The Morgan fingerprint density at radius 3 is 2.40 bits per heavy atom. The molecular weight excluding hydrogens is 188 g/mol. The molecule has 0 bridgehead atoms. The monoisotopic (exact) mass is 214 g/mol. The Hall–Kier alpha value is -0.120. The second kappa shape index (κ2) is 5.28. The fraction of sp³-hybridized carbons (Fsp3) is 1.00. The van der Waals surface area contributed by atoms with Gasteiger partial charge in [0.2, 0.25) is 0 Å². The van der Waals surface area contributed by atoms with Crippen molar-refractivity contribution in [2.75, 3.05) is 6.61 Å². The predicted octanol–water partition coefficient (Wildman–Crippen LogP) is 2.07. The van der Waals surface area contributed by atoms with Crippen LogP contribution in [0.2, 0.25) is 0 Å². The second-order valence-electron chi connectivity index (χ2n) is 5.74. The summed E-state index contributed by atoms with van der Waals surface area (Å²) < 4.78 is 5.56. The van der Waals surface area contributed by atoms with Crippen LogP contribution in [0.25, 0.3) is 0 Å². The lowest BCUT2D eigenvalue weighted by Gasteiger charge is -2.40. The summed E-state index contributed by atoms with van der Waals surface area (Å²) in [6.45, 7) is 9.60. The van der Waals surface area contributed by atoms with Crippen molar-refractivity contribution in [1.29, 1.82) is 0 Å². The maximum absolute atomic E-state index is 5.60. The first-order chi connectivity index (χ1) is 6.97. The van der Waals surface area contributed by atoms with Gasteiger partial charge in [-0.15, -0.1) is 0 Å². The molecule has 0 aliphatic heterocycles. The first kappa shape index (κ1) is 12.9. The zero-order chi connectivity index (χ0) is 11.5. The first-order valence-electron chi connectivity index (χ1n) is 6.05. The number of hydrazine groups is 1. The molecule has 0 radical (unpaired) electrons. The lowest BCUT2D eigenvalue weighted by Crippen LogP contribution is -2.47. The van der Waals surface area contributed by atoms with E-state index in [0.717, 1.165) is 12.5 Å². The van der Waals surface area contributed by atoms with Crippen molar-refractivity contribution in [2.24, 2.45) is 17.2 Å². The van der Waals surface area contributed by atoms with Crippen LogP contribution < -0.4 is 11.3 Å². The molecule has 1 aliphatic carbocycles. The first-order valence-corrected chi connectivity index (χ1v) is 6.05. The zero-order valence-corrected chi connectivity index (χ0v) is 10.5. The molecule has 0 saturated heterocycles. The molecule has 90 valence electrons. The van der Waals surface area contributed by atoms with Crippen molar-refractivity contribution < 1.29 is 4.74 Å². The number of rotatable bonds is 5. The molecule has 15 heavy (non-hydrogen) atoms. The van der Waals surface area contributed by atoms with E-state index >= 15 is 0 Å². The predicted molar refractivity (Wildman–Crippen MR) is 63.3 cm³/mol. The van der Waals surface area contributed by atoms with Crippen LogP contribution in [0.3, 0.4) is 0 Å². The summed E-state index contributed by atoms with van der Waals surface area (Å²) in [5.41, 5.74) is 3.19. The highest BCUT2D eigenvalue weighted by molar-refractivity contribution is 4.87. The Morgan fingerprint density at radius 2 is 2.00 bits per heavy atom. The van der Waals surface area contributed by atoms with E-state index in [1.54, 1.807) is 0 Å². The molecule has 1 rings (SSSR count). The largest absolute Gasteiger partial charge is 0.378 e. The highest BCUT2D eigenvalue weighted by Crippen LogP contribution is 2.36. The van der Waals surface area contributed by atoms with Gasteiger partial charge in [-0.3, -0.25) is 11.3 Å². The van der Waals surface area contributed by atoms with Gasteiger partial charge in [-0.1, -0.05) is 20.8 Å². The van der Waals surface area contributed by atoms with Crippen molar-refractivity contribution in [2.45, 2.75) is 59.1 Å². The summed E-state index contributed by atoms with van der Waals surface area (Å²) in [6, 6.07) is 0.407. The van der Waals surface area contributed by atoms with E-state index in [4.69, 9.17) is 10.6 Å². The third-order valence-electron chi connectivity index (χ3n) is 3.41. The molecule has 0 aromatic heterocycles. The maximum Gasteiger partial charge on any atom is 0.0580 e. The Labute approximate surface area is 93.7 Å². The van der Waals surface area contributed by atoms with Crippen LogP contribution in [0.1, 0.15) is 47.0 Å². The van der Waals surface area contributed by atoms with Gasteiger partial charge >= 0.3 is 0 Å². The minimum atomic E-state index is 0.242. The van der Waals surface area contributed by atoms with E-state index in [1.165, 1.54) is 19.3 Å². The molecule has 1 atom stereocenters. The summed E-state index contributed by atoms with van der Waals surface area (Å²) in [7, 11) is 0. The van der Waals surface area contributed by atoms with Gasteiger partial charge in [-0.25, -0.2) is 0 Å². The normalized spacial score (nSPS) is 28.6. The fourth-order valence-corrected chi connectivity index (χ4v) is 2.24. The average molecular weight is 214 g/mol. The summed E-state index contributed by atoms with van der Waals surface area (Å²) in [6.07, 6.45) is 4.10. The molecule has 1 saturated carbocycles. The molecule has 0 aromatic carbocycles. The molecule has 0 heterocycles. The number of nitrogens with one attached hydrogen (secondary N) is 1. The third-order valence-corrected chi connectivity index (χ3v) is 3.41. The van der Waals surface area contributed by atoms with Gasteiger partial charge < -0.3 is 4.74 Å². The quantitative estimate of drug-likeness (QED) is 0.544. The minimum absolute atomic E-state index is 0.242. The summed E-state index contributed by atoms with van der Waals surface area (Å²) in [4.78, 5) is 0. The zero-order valence-electron chi connectivity index (χ0n) is 10.5. The molecule has 1 unspecified atom stereocenters. The minimum Gasteiger partial charge on any atom is -0.378 e. The van der Waals surface area contributed by atoms with Crippen LogP contribution in [0, 0.1) is 11.3 Å². The summed E-state index contributed by atoms with van der Waals surface area (Å²) >= 11 is 0. The molecule has 3 heteroatoms. The SMILES string of the molecule is CCOC1CC(CC(NN)C(C)(C)C)C1. The second-order valence-corrected chi connectivity index (χ2v) is 5.74. The molecule has 3 nitrogen and oxygen atoms in total. The van der Waals surface area contributed by atoms with Crippen molar-refractivity contribution >= 4 is 0 Å². The molecule has 0 spiro atoms. The average Bonchev–Trinajstić information content (AvgIpc) is 2.06. The lowest BCUT2D eigenvalue weighted by atomic mass is 9.73. The van der Waals surface area contributed by atoms with Gasteiger partial charge in [-0.05, 0) is 37.5 Å². The van der Waals surface area contributed by atoms with Crippen molar-refractivity contribution in [1.82, 2.24) is 5.43 Å².